The second-order valence-corrected chi connectivity index (χ2v) is 6.64. The molecule has 0 radical (unpaired) electrons. The monoisotopic (exact) mass is 213 g/mol. The van der Waals surface area contributed by atoms with Crippen molar-refractivity contribution in [2.75, 3.05) is 12.3 Å². The third-order valence-electron chi connectivity index (χ3n) is 4.13. The number of hydrogen-bond donors (Lipinski definition) is 1. The third kappa shape index (κ3) is 2.27. The first kappa shape index (κ1) is 10.8. The normalized spacial score (nSPS) is 35.6. The van der Waals surface area contributed by atoms with E-state index >= 15 is 0 Å². The highest BCUT2D eigenvalue weighted by atomic mass is 32.2. The summed E-state index contributed by atoms with van der Waals surface area (Å²) in [6.45, 7) is 5.99. The van der Waals surface area contributed by atoms with Gasteiger partial charge in [0, 0.05) is 23.6 Å². The second kappa shape index (κ2) is 4.44. The van der Waals surface area contributed by atoms with Gasteiger partial charge in [-0.3, -0.25) is 0 Å². The Balaban J connectivity index is 1.71. The molecule has 1 N–H and O–H groups in total. The van der Waals surface area contributed by atoms with Crippen LogP contribution in [0.25, 0.3) is 0 Å². The summed E-state index contributed by atoms with van der Waals surface area (Å²) in [4.78, 5) is 0. The molecule has 2 fully saturated rings. The molecule has 2 aliphatic rings. The van der Waals surface area contributed by atoms with Gasteiger partial charge in [0.2, 0.25) is 0 Å². The number of hydrogen-bond acceptors (Lipinski definition) is 2. The molecule has 0 amide bonds. The molecule has 2 rings (SSSR count). The zero-order chi connectivity index (χ0) is 10.0. The molecule has 1 nitrogen and oxygen atoms in total. The topological polar surface area (TPSA) is 12.0 Å². The van der Waals surface area contributed by atoms with Crippen LogP contribution in [0.2, 0.25) is 0 Å². The van der Waals surface area contributed by atoms with Crippen molar-refractivity contribution < 1.29 is 0 Å². The first-order chi connectivity index (χ1) is 6.74. The minimum Gasteiger partial charge on any atom is -0.313 e. The summed E-state index contributed by atoms with van der Waals surface area (Å²) in [5.74, 6) is 1.33. The number of nitrogens with one attached hydrogen (secondary N) is 1. The van der Waals surface area contributed by atoms with Crippen LogP contribution in [0.5, 0.6) is 0 Å². The van der Waals surface area contributed by atoms with Gasteiger partial charge in [-0.05, 0) is 31.1 Å². The van der Waals surface area contributed by atoms with Gasteiger partial charge in [-0.2, -0.15) is 11.8 Å². The van der Waals surface area contributed by atoms with E-state index in [0.29, 0.717) is 5.41 Å². The van der Waals surface area contributed by atoms with Crippen molar-refractivity contribution in [2.45, 2.75) is 57.2 Å². The van der Waals surface area contributed by atoms with Crippen LogP contribution in [0.15, 0.2) is 0 Å². The zero-order valence-corrected chi connectivity index (χ0v) is 10.3. The van der Waals surface area contributed by atoms with Crippen LogP contribution >= 0.6 is 11.8 Å². The number of thioether (sulfide) groups is 1. The lowest BCUT2D eigenvalue weighted by Crippen LogP contribution is -2.43. The van der Waals surface area contributed by atoms with E-state index in [1.165, 1.54) is 44.4 Å². The van der Waals surface area contributed by atoms with Crippen LogP contribution in [0, 0.1) is 5.41 Å². The van der Waals surface area contributed by atoms with Gasteiger partial charge in [0.05, 0.1) is 0 Å². The first-order valence-electron chi connectivity index (χ1n) is 6.09. The van der Waals surface area contributed by atoms with Crippen LogP contribution < -0.4 is 5.32 Å². The zero-order valence-electron chi connectivity index (χ0n) is 9.51. The van der Waals surface area contributed by atoms with Crippen molar-refractivity contribution in [3.63, 3.8) is 0 Å². The Morgan fingerprint density at radius 1 is 1.43 bits per heavy atom. The van der Waals surface area contributed by atoms with Crippen molar-refractivity contribution in [3.8, 4) is 0 Å². The van der Waals surface area contributed by atoms with Crippen LogP contribution in [0.4, 0.5) is 0 Å². The summed E-state index contributed by atoms with van der Waals surface area (Å²) in [5.41, 5.74) is 0.691. The fourth-order valence-corrected chi connectivity index (χ4v) is 3.84. The van der Waals surface area contributed by atoms with E-state index in [-0.39, 0.29) is 0 Å². The molecule has 2 unspecified atom stereocenters. The predicted molar refractivity (Wildman–Crippen MR) is 64.9 cm³/mol. The molecule has 0 aromatic rings. The van der Waals surface area contributed by atoms with Gasteiger partial charge in [0.15, 0.2) is 0 Å². The van der Waals surface area contributed by atoms with Crippen molar-refractivity contribution >= 4 is 11.8 Å². The van der Waals surface area contributed by atoms with E-state index in [1.54, 1.807) is 0 Å². The first-order valence-corrected chi connectivity index (χ1v) is 7.14. The Kier molecular flexibility index (Phi) is 3.43. The van der Waals surface area contributed by atoms with Crippen LogP contribution in [-0.4, -0.2) is 23.6 Å². The van der Waals surface area contributed by atoms with Gasteiger partial charge >= 0.3 is 0 Å². The summed E-state index contributed by atoms with van der Waals surface area (Å²) < 4.78 is 0. The maximum absolute atomic E-state index is 3.78. The molecule has 14 heavy (non-hydrogen) atoms. The van der Waals surface area contributed by atoms with E-state index in [1.807, 2.05) is 0 Å². The Hall–Kier alpha value is 0.310. The lowest BCUT2D eigenvalue weighted by atomic mass is 9.67. The van der Waals surface area contributed by atoms with Crippen molar-refractivity contribution in [1.82, 2.24) is 5.32 Å². The van der Waals surface area contributed by atoms with Crippen molar-refractivity contribution in [1.29, 1.82) is 0 Å². The molecule has 1 saturated heterocycles. The molecule has 1 aliphatic carbocycles. The highest BCUT2D eigenvalue weighted by Gasteiger charge is 2.35. The summed E-state index contributed by atoms with van der Waals surface area (Å²) in [7, 11) is 0. The molecule has 0 aromatic carbocycles. The molecule has 0 spiro atoms. The highest BCUT2D eigenvalue weighted by Crippen LogP contribution is 2.43. The fraction of sp³-hybridized carbons (Fsp3) is 1.00. The fourth-order valence-electron chi connectivity index (χ4n) is 2.65. The molecule has 0 aromatic heterocycles. The minimum atomic E-state index is 0.691. The standard InChI is InChI=1S/C12H23NS/c1-3-12(5-4-6-12)9-13-11-7-10(2)14-8-11/h10-11,13H,3-9H2,1-2H3. The smallest absolute Gasteiger partial charge is 0.0168 e. The van der Waals surface area contributed by atoms with Gasteiger partial charge in [-0.1, -0.05) is 20.3 Å². The maximum atomic E-state index is 3.78. The third-order valence-corrected chi connectivity index (χ3v) is 5.48. The molecule has 2 heteroatoms. The lowest BCUT2D eigenvalue weighted by molar-refractivity contribution is 0.120. The molecule has 82 valence electrons. The summed E-state index contributed by atoms with van der Waals surface area (Å²) in [6.07, 6.45) is 7.14. The highest BCUT2D eigenvalue weighted by molar-refractivity contribution is 8.00. The molecule has 2 atom stereocenters. The average molecular weight is 213 g/mol. The number of rotatable bonds is 4. The summed E-state index contributed by atoms with van der Waals surface area (Å²) in [5, 5.41) is 4.67. The summed E-state index contributed by atoms with van der Waals surface area (Å²) >= 11 is 2.13. The largest absolute Gasteiger partial charge is 0.313 e. The van der Waals surface area contributed by atoms with Gasteiger partial charge in [0.25, 0.3) is 0 Å². The molecule has 0 bridgehead atoms. The van der Waals surface area contributed by atoms with E-state index in [0.717, 1.165) is 11.3 Å². The lowest BCUT2D eigenvalue weighted by Gasteiger charge is -2.42. The SMILES string of the molecule is CCC1(CNC2CSC(C)C2)CCC1. The molecule has 1 aliphatic heterocycles. The van der Waals surface area contributed by atoms with Crippen LogP contribution in [0.1, 0.15) is 46.0 Å². The van der Waals surface area contributed by atoms with E-state index in [2.05, 4.69) is 30.9 Å². The second-order valence-electron chi connectivity index (χ2n) is 5.16. The summed E-state index contributed by atoms with van der Waals surface area (Å²) in [6, 6.07) is 0.805. The van der Waals surface area contributed by atoms with Crippen molar-refractivity contribution in [2.24, 2.45) is 5.41 Å². The van der Waals surface area contributed by atoms with Gasteiger partial charge in [-0.25, -0.2) is 0 Å². The van der Waals surface area contributed by atoms with Gasteiger partial charge in [-0.15, -0.1) is 0 Å². The van der Waals surface area contributed by atoms with Gasteiger partial charge in [0.1, 0.15) is 0 Å². The Morgan fingerprint density at radius 2 is 2.21 bits per heavy atom. The molecular weight excluding hydrogens is 190 g/mol. The molecule has 1 saturated carbocycles. The Labute approximate surface area is 92.4 Å². The quantitative estimate of drug-likeness (QED) is 0.770. The molecule has 1 heterocycles. The van der Waals surface area contributed by atoms with E-state index < -0.39 is 0 Å². The van der Waals surface area contributed by atoms with Crippen LogP contribution in [-0.2, 0) is 0 Å². The average Bonchev–Trinajstić information content (AvgIpc) is 2.50. The van der Waals surface area contributed by atoms with Crippen LogP contribution in [0.3, 0.4) is 0 Å². The van der Waals surface area contributed by atoms with E-state index in [4.69, 9.17) is 0 Å². The predicted octanol–water partition coefficient (Wildman–Crippen LogP) is 3.05. The van der Waals surface area contributed by atoms with Crippen molar-refractivity contribution in [3.05, 3.63) is 0 Å². The maximum Gasteiger partial charge on any atom is 0.0168 e. The van der Waals surface area contributed by atoms with Gasteiger partial charge < -0.3 is 5.32 Å². The Bertz CT molecular complexity index is 183. The minimum absolute atomic E-state index is 0.691. The van der Waals surface area contributed by atoms with E-state index in [9.17, 15) is 0 Å². The Morgan fingerprint density at radius 3 is 2.64 bits per heavy atom. The molecular formula is C12H23NS.